The summed E-state index contributed by atoms with van der Waals surface area (Å²) < 4.78 is 4.43. The lowest BCUT2D eigenvalue weighted by molar-refractivity contribution is -0.134. The van der Waals surface area contributed by atoms with Crippen LogP contribution in [0.3, 0.4) is 0 Å². The van der Waals surface area contributed by atoms with Gasteiger partial charge in [0.15, 0.2) is 0 Å². The van der Waals surface area contributed by atoms with Crippen molar-refractivity contribution in [1.82, 2.24) is 0 Å². The number of hydrazone groups is 1. The van der Waals surface area contributed by atoms with E-state index in [1.165, 1.54) is 0 Å². The lowest BCUT2D eigenvalue weighted by Gasteiger charge is -1.93. The summed E-state index contributed by atoms with van der Waals surface area (Å²) in [5.41, 5.74) is 0. The van der Waals surface area contributed by atoms with Crippen molar-refractivity contribution in [2.24, 2.45) is 10.9 Å². The lowest BCUT2D eigenvalue weighted by atomic mass is 10.7. The number of esters is 1. The van der Waals surface area contributed by atoms with Gasteiger partial charge in [0.1, 0.15) is 12.8 Å². The van der Waals surface area contributed by atoms with E-state index in [-0.39, 0.29) is 12.5 Å². The standard InChI is InChI=1S/C4H7ClN2O2/c5-1-2-9-4(8)3-7-6/h3H,1-2,6H2. The third-order valence-corrected chi connectivity index (χ3v) is 0.656. The van der Waals surface area contributed by atoms with Crippen molar-refractivity contribution in [2.75, 3.05) is 12.5 Å². The molecule has 0 heterocycles. The second kappa shape index (κ2) is 5.37. The van der Waals surface area contributed by atoms with Gasteiger partial charge in [-0.25, -0.2) is 4.79 Å². The molecule has 0 saturated carbocycles. The summed E-state index contributed by atoms with van der Waals surface area (Å²) in [5, 5.41) is 2.95. The maximum Gasteiger partial charge on any atom is 0.351 e. The molecule has 0 aromatic carbocycles. The largest absolute Gasteiger partial charge is 0.460 e. The molecule has 0 atom stereocenters. The van der Waals surface area contributed by atoms with Gasteiger partial charge >= 0.3 is 5.97 Å². The fourth-order valence-electron chi connectivity index (χ4n) is 0.237. The molecule has 0 aromatic heterocycles. The average Bonchev–Trinajstić information content (AvgIpc) is 1.85. The SMILES string of the molecule is NN=CC(=O)OCCCl. The first-order valence-corrected chi connectivity index (χ1v) is 2.80. The first-order valence-electron chi connectivity index (χ1n) is 2.27. The van der Waals surface area contributed by atoms with Gasteiger partial charge in [0, 0.05) is 0 Å². The van der Waals surface area contributed by atoms with Crippen LogP contribution in [0.1, 0.15) is 0 Å². The fourth-order valence-corrected chi connectivity index (χ4v) is 0.314. The summed E-state index contributed by atoms with van der Waals surface area (Å²) >= 11 is 5.19. The molecule has 0 aliphatic heterocycles. The van der Waals surface area contributed by atoms with Crippen LogP contribution >= 0.6 is 11.6 Å². The summed E-state index contributed by atoms with van der Waals surface area (Å²) in [6, 6.07) is 0. The van der Waals surface area contributed by atoms with E-state index in [2.05, 4.69) is 15.7 Å². The fraction of sp³-hybridized carbons (Fsp3) is 0.500. The van der Waals surface area contributed by atoms with Crippen LogP contribution in [0.5, 0.6) is 0 Å². The number of alkyl halides is 1. The molecule has 4 nitrogen and oxygen atoms in total. The zero-order chi connectivity index (χ0) is 7.11. The van der Waals surface area contributed by atoms with E-state index in [4.69, 9.17) is 11.6 Å². The van der Waals surface area contributed by atoms with Crippen molar-refractivity contribution in [3.8, 4) is 0 Å². The Kier molecular flexibility index (Phi) is 4.91. The molecule has 0 unspecified atom stereocenters. The molecule has 0 saturated heterocycles. The Labute approximate surface area is 57.6 Å². The average molecular weight is 151 g/mol. The molecule has 9 heavy (non-hydrogen) atoms. The van der Waals surface area contributed by atoms with Crippen LogP contribution in [0.4, 0.5) is 0 Å². The molecular weight excluding hydrogens is 144 g/mol. The van der Waals surface area contributed by atoms with Crippen molar-refractivity contribution < 1.29 is 9.53 Å². The Bertz CT molecular complexity index is 115. The maximum atomic E-state index is 10.3. The monoisotopic (exact) mass is 150 g/mol. The minimum atomic E-state index is -0.571. The van der Waals surface area contributed by atoms with E-state index < -0.39 is 5.97 Å². The van der Waals surface area contributed by atoms with E-state index in [0.717, 1.165) is 6.21 Å². The third-order valence-electron chi connectivity index (χ3n) is 0.501. The van der Waals surface area contributed by atoms with Gasteiger partial charge in [-0.2, -0.15) is 5.10 Å². The molecule has 0 aliphatic carbocycles. The molecule has 0 fully saturated rings. The zero-order valence-electron chi connectivity index (χ0n) is 4.71. The molecule has 0 aliphatic rings. The Morgan fingerprint density at radius 1 is 1.89 bits per heavy atom. The molecule has 0 spiro atoms. The van der Waals surface area contributed by atoms with Crippen molar-refractivity contribution in [3.05, 3.63) is 0 Å². The van der Waals surface area contributed by atoms with Gasteiger partial charge in [-0.05, 0) is 0 Å². The molecule has 0 aromatic rings. The molecule has 0 rings (SSSR count). The van der Waals surface area contributed by atoms with Crippen LogP contribution in [0.25, 0.3) is 0 Å². The van der Waals surface area contributed by atoms with Crippen LogP contribution in [0, 0.1) is 0 Å². The van der Waals surface area contributed by atoms with E-state index in [1.807, 2.05) is 0 Å². The number of hydrogen-bond acceptors (Lipinski definition) is 4. The van der Waals surface area contributed by atoms with Crippen LogP contribution in [0.2, 0.25) is 0 Å². The quantitative estimate of drug-likeness (QED) is 0.198. The summed E-state index contributed by atoms with van der Waals surface area (Å²) in [5.74, 6) is 4.35. The van der Waals surface area contributed by atoms with Crippen molar-refractivity contribution >= 4 is 23.8 Å². The van der Waals surface area contributed by atoms with Gasteiger partial charge in [-0.3, -0.25) is 0 Å². The molecule has 0 radical (unpaired) electrons. The van der Waals surface area contributed by atoms with Gasteiger partial charge in [0.05, 0.1) is 5.88 Å². The second-order valence-electron chi connectivity index (χ2n) is 1.13. The number of rotatable bonds is 3. The van der Waals surface area contributed by atoms with Crippen LogP contribution < -0.4 is 5.84 Å². The zero-order valence-corrected chi connectivity index (χ0v) is 5.47. The van der Waals surface area contributed by atoms with E-state index in [1.54, 1.807) is 0 Å². The van der Waals surface area contributed by atoms with E-state index in [0.29, 0.717) is 0 Å². The molecule has 0 amide bonds. The molecule has 0 bridgehead atoms. The van der Waals surface area contributed by atoms with Crippen LogP contribution in [0.15, 0.2) is 5.10 Å². The Balaban J connectivity index is 3.27. The maximum absolute atomic E-state index is 10.3. The van der Waals surface area contributed by atoms with Crippen molar-refractivity contribution in [3.63, 3.8) is 0 Å². The van der Waals surface area contributed by atoms with Gasteiger partial charge in [0.2, 0.25) is 0 Å². The normalized spacial score (nSPS) is 9.89. The summed E-state index contributed by atoms with van der Waals surface area (Å²) in [6.07, 6.45) is 0.881. The number of ether oxygens (including phenoxy) is 1. The number of nitrogens with zero attached hydrogens (tertiary/aromatic N) is 1. The van der Waals surface area contributed by atoms with Gasteiger partial charge in [-0.1, -0.05) is 0 Å². The highest BCUT2D eigenvalue weighted by molar-refractivity contribution is 6.23. The van der Waals surface area contributed by atoms with Crippen LogP contribution in [-0.4, -0.2) is 24.7 Å². The predicted molar refractivity (Wildman–Crippen MR) is 34.4 cm³/mol. The summed E-state index contributed by atoms with van der Waals surface area (Å²) in [7, 11) is 0. The first-order chi connectivity index (χ1) is 4.31. The van der Waals surface area contributed by atoms with Gasteiger partial charge in [-0.15, -0.1) is 11.6 Å². The van der Waals surface area contributed by atoms with E-state index >= 15 is 0 Å². The molecule has 5 heteroatoms. The van der Waals surface area contributed by atoms with Gasteiger partial charge in [0.25, 0.3) is 0 Å². The van der Waals surface area contributed by atoms with E-state index in [9.17, 15) is 4.79 Å². The Morgan fingerprint density at radius 3 is 3.00 bits per heavy atom. The third kappa shape index (κ3) is 5.10. The number of hydrogen-bond donors (Lipinski definition) is 1. The van der Waals surface area contributed by atoms with Crippen molar-refractivity contribution in [2.45, 2.75) is 0 Å². The van der Waals surface area contributed by atoms with Crippen LogP contribution in [-0.2, 0) is 9.53 Å². The molecule has 2 N–H and O–H groups in total. The molecule has 52 valence electrons. The van der Waals surface area contributed by atoms with Gasteiger partial charge < -0.3 is 10.6 Å². The smallest absolute Gasteiger partial charge is 0.351 e. The highest BCUT2D eigenvalue weighted by Gasteiger charge is 1.93. The molecular formula is C4H7ClN2O2. The highest BCUT2D eigenvalue weighted by atomic mass is 35.5. The van der Waals surface area contributed by atoms with Crippen molar-refractivity contribution in [1.29, 1.82) is 0 Å². The predicted octanol–water partition coefficient (Wildman–Crippen LogP) is -0.287. The minimum Gasteiger partial charge on any atom is -0.460 e. The Morgan fingerprint density at radius 2 is 2.56 bits per heavy atom. The Hall–Kier alpha value is -0.770. The first kappa shape index (κ1) is 8.23. The minimum absolute atomic E-state index is 0.187. The second-order valence-corrected chi connectivity index (χ2v) is 1.51. The topological polar surface area (TPSA) is 64.7 Å². The number of carbonyl (C=O) groups is 1. The number of nitrogens with two attached hydrogens (primary N) is 1. The summed E-state index contributed by atoms with van der Waals surface area (Å²) in [4.78, 5) is 10.3. The summed E-state index contributed by atoms with van der Waals surface area (Å²) in [6.45, 7) is 0.187. The lowest BCUT2D eigenvalue weighted by Crippen LogP contribution is -2.08. The highest BCUT2D eigenvalue weighted by Crippen LogP contribution is 1.77. The number of halogens is 1. The number of carbonyl (C=O) groups excluding carboxylic acids is 1.